The fourth-order valence-electron chi connectivity index (χ4n) is 2.94. The molecule has 0 saturated heterocycles. The van der Waals surface area contributed by atoms with E-state index in [4.69, 9.17) is 9.47 Å². The number of carbonyl (C=O) groups is 2. The van der Waals surface area contributed by atoms with Crippen molar-refractivity contribution in [3.05, 3.63) is 54.1 Å². The fraction of sp³-hybridized carbons (Fsp3) is 0.222. The lowest BCUT2D eigenvalue weighted by Crippen LogP contribution is -2.40. The average molecular weight is 327 g/mol. The largest absolute Gasteiger partial charge is 0.496 e. The Balaban J connectivity index is 1.98. The van der Waals surface area contributed by atoms with Crippen LogP contribution in [0.4, 0.5) is 0 Å². The Hall–Kier alpha value is -2.86. The predicted octanol–water partition coefficient (Wildman–Crippen LogP) is 2.02. The minimum Gasteiger partial charge on any atom is -0.496 e. The zero-order chi connectivity index (χ0) is 17.3. The number of aliphatic hydroxyl groups is 1. The van der Waals surface area contributed by atoms with Crippen LogP contribution in [0.25, 0.3) is 10.8 Å². The summed E-state index contributed by atoms with van der Waals surface area (Å²) in [6.45, 7) is 3.38. The van der Waals surface area contributed by atoms with Gasteiger partial charge in [0.2, 0.25) is 0 Å². The van der Waals surface area contributed by atoms with E-state index >= 15 is 0 Å². The van der Waals surface area contributed by atoms with Crippen molar-refractivity contribution >= 4 is 22.6 Å². The van der Waals surface area contributed by atoms with Gasteiger partial charge in [-0.3, -0.25) is 4.79 Å². The van der Waals surface area contributed by atoms with Gasteiger partial charge >= 0.3 is 5.97 Å². The van der Waals surface area contributed by atoms with Gasteiger partial charge < -0.3 is 19.5 Å². The number of methoxy groups -OCH3 is 1. The second-order valence-electron chi connectivity index (χ2n) is 5.33. The van der Waals surface area contributed by atoms with Crippen molar-refractivity contribution in [2.24, 2.45) is 0 Å². The molecule has 0 bridgehead atoms. The third-order valence-electron chi connectivity index (χ3n) is 4.06. The lowest BCUT2D eigenvalue weighted by atomic mass is 9.93. The molecular formula is C18H17NO5. The average Bonchev–Trinajstić information content (AvgIpc) is 2.61. The van der Waals surface area contributed by atoms with Gasteiger partial charge in [-0.15, -0.1) is 0 Å². The lowest BCUT2D eigenvalue weighted by molar-refractivity contribution is -0.138. The first-order valence-corrected chi connectivity index (χ1v) is 7.46. The van der Waals surface area contributed by atoms with Crippen LogP contribution in [0.1, 0.15) is 22.1 Å². The van der Waals surface area contributed by atoms with Crippen molar-refractivity contribution < 1.29 is 24.2 Å². The van der Waals surface area contributed by atoms with Crippen LogP contribution in [0, 0.1) is 0 Å². The standard InChI is InChI=1S/C18H17NO5/c1-3-15(20)24-10-9-19-17(21)12-6-4-5-11-14(23-2)8-7-13(16(11)12)18(19)22/h3-8,17,21H,1,9-10H2,2H3. The maximum atomic E-state index is 12.7. The summed E-state index contributed by atoms with van der Waals surface area (Å²) in [4.78, 5) is 25.1. The van der Waals surface area contributed by atoms with Gasteiger partial charge in [-0.2, -0.15) is 0 Å². The number of esters is 1. The van der Waals surface area contributed by atoms with Crippen LogP contribution in [-0.4, -0.2) is 42.1 Å². The number of rotatable bonds is 5. The van der Waals surface area contributed by atoms with Crippen molar-refractivity contribution in [3.63, 3.8) is 0 Å². The van der Waals surface area contributed by atoms with Crippen molar-refractivity contribution in [3.8, 4) is 5.75 Å². The molecule has 24 heavy (non-hydrogen) atoms. The molecule has 1 aliphatic rings. The quantitative estimate of drug-likeness (QED) is 0.672. The molecule has 2 aromatic carbocycles. The minimum absolute atomic E-state index is 0.0187. The Morgan fingerprint density at radius 1 is 1.38 bits per heavy atom. The van der Waals surface area contributed by atoms with Gasteiger partial charge in [0, 0.05) is 28.0 Å². The van der Waals surface area contributed by atoms with E-state index in [0.717, 1.165) is 11.5 Å². The maximum Gasteiger partial charge on any atom is 0.330 e. The number of benzene rings is 2. The zero-order valence-electron chi connectivity index (χ0n) is 13.2. The van der Waals surface area contributed by atoms with Crippen molar-refractivity contribution in [1.82, 2.24) is 4.90 Å². The van der Waals surface area contributed by atoms with Crippen LogP contribution in [0.5, 0.6) is 5.75 Å². The molecule has 6 heteroatoms. The molecule has 1 amide bonds. The number of aliphatic hydroxyl groups excluding tert-OH is 1. The molecule has 2 aromatic rings. The van der Waals surface area contributed by atoms with E-state index in [1.807, 2.05) is 6.07 Å². The molecule has 0 aromatic heterocycles. The van der Waals surface area contributed by atoms with E-state index in [-0.39, 0.29) is 19.1 Å². The Bertz CT molecular complexity index is 830. The molecule has 0 saturated carbocycles. The van der Waals surface area contributed by atoms with Crippen LogP contribution in [-0.2, 0) is 9.53 Å². The van der Waals surface area contributed by atoms with Crippen molar-refractivity contribution in [1.29, 1.82) is 0 Å². The summed E-state index contributed by atoms with van der Waals surface area (Å²) in [5.74, 6) is -0.242. The summed E-state index contributed by atoms with van der Waals surface area (Å²) in [5, 5.41) is 12.1. The summed E-state index contributed by atoms with van der Waals surface area (Å²) >= 11 is 0. The summed E-state index contributed by atoms with van der Waals surface area (Å²) < 4.78 is 10.2. The first-order chi connectivity index (χ1) is 11.6. The molecule has 1 N–H and O–H groups in total. The van der Waals surface area contributed by atoms with Crippen LogP contribution in [0.2, 0.25) is 0 Å². The van der Waals surface area contributed by atoms with Crippen LogP contribution in [0.15, 0.2) is 43.0 Å². The fourth-order valence-corrected chi connectivity index (χ4v) is 2.94. The highest BCUT2D eigenvalue weighted by atomic mass is 16.5. The Labute approximate surface area is 138 Å². The third-order valence-corrected chi connectivity index (χ3v) is 4.06. The highest BCUT2D eigenvalue weighted by Gasteiger charge is 2.33. The van der Waals surface area contributed by atoms with Crippen LogP contribution < -0.4 is 4.74 Å². The molecule has 0 fully saturated rings. The monoisotopic (exact) mass is 327 g/mol. The van der Waals surface area contributed by atoms with E-state index in [1.165, 1.54) is 4.90 Å². The molecule has 124 valence electrons. The van der Waals surface area contributed by atoms with Gasteiger partial charge in [0.15, 0.2) is 6.23 Å². The molecule has 1 aliphatic heterocycles. The highest BCUT2D eigenvalue weighted by Crippen LogP contribution is 2.39. The molecule has 0 radical (unpaired) electrons. The second-order valence-corrected chi connectivity index (χ2v) is 5.33. The SMILES string of the molecule is C=CC(=O)OCCN1C(=O)c2ccc(OC)c3cccc(c23)C1O. The molecule has 3 rings (SSSR count). The molecule has 1 atom stereocenters. The normalized spacial score (nSPS) is 16.2. The molecular weight excluding hydrogens is 310 g/mol. The topological polar surface area (TPSA) is 76.1 Å². The van der Waals surface area contributed by atoms with Crippen molar-refractivity contribution in [2.45, 2.75) is 6.23 Å². The number of nitrogens with zero attached hydrogens (tertiary/aromatic N) is 1. The number of hydrogen-bond donors (Lipinski definition) is 1. The molecule has 1 heterocycles. The first-order valence-electron chi connectivity index (χ1n) is 7.46. The maximum absolute atomic E-state index is 12.7. The lowest BCUT2D eigenvalue weighted by Gasteiger charge is -2.33. The Morgan fingerprint density at radius 2 is 2.17 bits per heavy atom. The van der Waals surface area contributed by atoms with Gasteiger partial charge in [-0.25, -0.2) is 4.79 Å². The summed E-state index contributed by atoms with van der Waals surface area (Å²) in [5.41, 5.74) is 1.11. The van der Waals surface area contributed by atoms with Gasteiger partial charge in [-0.05, 0) is 12.1 Å². The Kier molecular flexibility index (Phi) is 4.22. The number of hydrogen-bond acceptors (Lipinski definition) is 5. The number of carbonyl (C=O) groups excluding carboxylic acids is 2. The van der Waals surface area contributed by atoms with E-state index < -0.39 is 12.2 Å². The first kappa shape index (κ1) is 16.0. The predicted molar refractivity (Wildman–Crippen MR) is 87.7 cm³/mol. The summed E-state index contributed by atoms with van der Waals surface area (Å²) in [6, 6.07) is 8.83. The zero-order valence-corrected chi connectivity index (χ0v) is 13.2. The van der Waals surface area contributed by atoms with E-state index in [1.54, 1.807) is 31.4 Å². The van der Waals surface area contributed by atoms with Gasteiger partial charge in [0.05, 0.1) is 13.7 Å². The van der Waals surface area contributed by atoms with E-state index in [2.05, 4.69) is 6.58 Å². The molecule has 6 nitrogen and oxygen atoms in total. The molecule has 0 spiro atoms. The smallest absolute Gasteiger partial charge is 0.330 e. The summed E-state index contributed by atoms with van der Waals surface area (Å²) in [7, 11) is 1.56. The molecule has 1 unspecified atom stereocenters. The van der Waals surface area contributed by atoms with Gasteiger partial charge in [-0.1, -0.05) is 24.8 Å². The Morgan fingerprint density at radius 3 is 2.88 bits per heavy atom. The summed E-state index contributed by atoms with van der Waals surface area (Å²) in [6.07, 6.45) is -0.0558. The minimum atomic E-state index is -1.11. The highest BCUT2D eigenvalue weighted by molar-refractivity contribution is 6.11. The van der Waals surface area contributed by atoms with E-state index in [9.17, 15) is 14.7 Å². The van der Waals surface area contributed by atoms with E-state index in [0.29, 0.717) is 22.3 Å². The number of amides is 1. The van der Waals surface area contributed by atoms with Gasteiger partial charge in [0.25, 0.3) is 5.91 Å². The third kappa shape index (κ3) is 2.51. The van der Waals surface area contributed by atoms with Gasteiger partial charge in [0.1, 0.15) is 12.4 Å². The second kappa shape index (κ2) is 6.33. The molecule has 0 aliphatic carbocycles. The van der Waals surface area contributed by atoms with Crippen LogP contribution >= 0.6 is 0 Å². The van der Waals surface area contributed by atoms with Crippen LogP contribution in [0.3, 0.4) is 0 Å². The van der Waals surface area contributed by atoms with Crippen molar-refractivity contribution in [2.75, 3.05) is 20.3 Å². The number of ether oxygens (including phenoxy) is 2.